The zero-order valence-corrected chi connectivity index (χ0v) is 9.91. The van der Waals surface area contributed by atoms with Crippen molar-refractivity contribution < 1.29 is 0 Å². The van der Waals surface area contributed by atoms with Gasteiger partial charge in [0.2, 0.25) is 0 Å². The van der Waals surface area contributed by atoms with Gasteiger partial charge in [-0.25, -0.2) is 0 Å². The van der Waals surface area contributed by atoms with E-state index >= 15 is 0 Å². The van der Waals surface area contributed by atoms with Crippen LogP contribution < -0.4 is 5.32 Å². The highest BCUT2D eigenvalue weighted by Gasteiger charge is 2.03. The SMILES string of the molecule is CNc1ccnc(-c2ccc(C)cc2C)c1. The highest BCUT2D eigenvalue weighted by molar-refractivity contribution is 5.67. The molecule has 1 aromatic heterocycles. The van der Waals surface area contributed by atoms with Crippen molar-refractivity contribution in [2.75, 3.05) is 12.4 Å². The van der Waals surface area contributed by atoms with Crippen molar-refractivity contribution in [1.29, 1.82) is 0 Å². The average molecular weight is 212 g/mol. The van der Waals surface area contributed by atoms with E-state index in [1.165, 1.54) is 16.7 Å². The largest absolute Gasteiger partial charge is 0.388 e. The molecule has 0 saturated heterocycles. The summed E-state index contributed by atoms with van der Waals surface area (Å²) in [7, 11) is 1.92. The molecule has 0 spiro atoms. The van der Waals surface area contributed by atoms with Crippen molar-refractivity contribution in [3.05, 3.63) is 47.7 Å². The molecule has 82 valence electrons. The number of pyridine rings is 1. The number of aromatic nitrogens is 1. The minimum atomic E-state index is 1.02. The molecule has 0 aliphatic heterocycles. The van der Waals surface area contributed by atoms with Crippen LogP contribution in [-0.2, 0) is 0 Å². The number of hydrogen-bond acceptors (Lipinski definition) is 2. The Kier molecular flexibility index (Phi) is 2.91. The second kappa shape index (κ2) is 4.35. The Balaban J connectivity index is 2.49. The minimum Gasteiger partial charge on any atom is -0.388 e. The van der Waals surface area contributed by atoms with Gasteiger partial charge in [-0.15, -0.1) is 0 Å². The van der Waals surface area contributed by atoms with Crippen molar-refractivity contribution in [3.8, 4) is 11.3 Å². The van der Waals surface area contributed by atoms with Gasteiger partial charge in [0.15, 0.2) is 0 Å². The molecule has 2 rings (SSSR count). The van der Waals surface area contributed by atoms with E-state index in [1.807, 2.05) is 19.3 Å². The highest BCUT2D eigenvalue weighted by Crippen LogP contribution is 2.24. The van der Waals surface area contributed by atoms with E-state index in [0.717, 1.165) is 11.4 Å². The van der Waals surface area contributed by atoms with Crippen molar-refractivity contribution in [2.24, 2.45) is 0 Å². The summed E-state index contributed by atoms with van der Waals surface area (Å²) < 4.78 is 0. The summed E-state index contributed by atoms with van der Waals surface area (Å²) in [6, 6.07) is 10.5. The van der Waals surface area contributed by atoms with E-state index in [9.17, 15) is 0 Å². The molecule has 1 aromatic carbocycles. The van der Waals surface area contributed by atoms with E-state index in [0.29, 0.717) is 0 Å². The summed E-state index contributed by atoms with van der Waals surface area (Å²) >= 11 is 0. The molecule has 0 radical (unpaired) electrons. The zero-order chi connectivity index (χ0) is 11.5. The third kappa shape index (κ3) is 2.06. The van der Waals surface area contributed by atoms with Crippen LogP contribution in [-0.4, -0.2) is 12.0 Å². The standard InChI is InChI=1S/C14H16N2/c1-10-4-5-13(11(2)8-10)14-9-12(15-3)6-7-16-14/h4-9H,1-3H3,(H,15,16). The molecule has 2 aromatic rings. The lowest BCUT2D eigenvalue weighted by Gasteiger charge is -2.07. The Morgan fingerprint density at radius 3 is 2.56 bits per heavy atom. The summed E-state index contributed by atoms with van der Waals surface area (Å²) in [4.78, 5) is 4.41. The van der Waals surface area contributed by atoms with Gasteiger partial charge in [0.25, 0.3) is 0 Å². The molecule has 2 heteroatoms. The Bertz CT molecular complexity index is 504. The fourth-order valence-electron chi connectivity index (χ4n) is 1.83. The number of nitrogens with zero attached hydrogens (tertiary/aromatic N) is 1. The van der Waals surface area contributed by atoms with Crippen molar-refractivity contribution in [3.63, 3.8) is 0 Å². The van der Waals surface area contributed by atoms with Crippen LogP contribution in [0.2, 0.25) is 0 Å². The van der Waals surface area contributed by atoms with E-state index in [-0.39, 0.29) is 0 Å². The molecule has 0 saturated carbocycles. The first-order valence-electron chi connectivity index (χ1n) is 5.42. The third-order valence-electron chi connectivity index (χ3n) is 2.71. The number of rotatable bonds is 2. The molecular weight excluding hydrogens is 196 g/mol. The minimum absolute atomic E-state index is 1.02. The van der Waals surface area contributed by atoms with Gasteiger partial charge < -0.3 is 5.32 Å². The van der Waals surface area contributed by atoms with E-state index < -0.39 is 0 Å². The van der Waals surface area contributed by atoms with E-state index in [2.05, 4.69) is 48.4 Å². The van der Waals surface area contributed by atoms with Crippen LogP contribution in [0, 0.1) is 13.8 Å². The number of aryl methyl sites for hydroxylation is 2. The van der Waals surface area contributed by atoms with Gasteiger partial charge in [-0.05, 0) is 31.5 Å². The number of nitrogens with one attached hydrogen (secondary N) is 1. The summed E-state index contributed by atoms with van der Waals surface area (Å²) in [5.41, 5.74) is 5.85. The van der Waals surface area contributed by atoms with Gasteiger partial charge in [0.1, 0.15) is 0 Å². The molecule has 0 aliphatic carbocycles. The Morgan fingerprint density at radius 2 is 1.88 bits per heavy atom. The maximum atomic E-state index is 4.41. The van der Waals surface area contributed by atoms with Gasteiger partial charge in [0, 0.05) is 24.5 Å². The lowest BCUT2D eigenvalue weighted by molar-refractivity contribution is 1.29. The van der Waals surface area contributed by atoms with E-state index in [1.54, 1.807) is 0 Å². The molecule has 2 nitrogen and oxygen atoms in total. The molecular formula is C14H16N2. The second-order valence-electron chi connectivity index (χ2n) is 4.00. The van der Waals surface area contributed by atoms with Gasteiger partial charge in [-0.2, -0.15) is 0 Å². The van der Waals surface area contributed by atoms with Gasteiger partial charge >= 0.3 is 0 Å². The molecule has 0 fully saturated rings. The van der Waals surface area contributed by atoms with Gasteiger partial charge in [-0.3, -0.25) is 4.98 Å². The van der Waals surface area contributed by atoms with Gasteiger partial charge in [0.05, 0.1) is 5.69 Å². The molecule has 0 bridgehead atoms. The smallest absolute Gasteiger partial charge is 0.0725 e. The van der Waals surface area contributed by atoms with Crippen molar-refractivity contribution in [1.82, 2.24) is 4.98 Å². The molecule has 0 amide bonds. The molecule has 1 heterocycles. The topological polar surface area (TPSA) is 24.9 Å². The predicted molar refractivity (Wildman–Crippen MR) is 68.7 cm³/mol. The molecule has 0 unspecified atom stereocenters. The van der Waals surface area contributed by atoms with Crippen LogP contribution in [0.1, 0.15) is 11.1 Å². The summed E-state index contributed by atoms with van der Waals surface area (Å²) in [6.07, 6.45) is 1.83. The Morgan fingerprint density at radius 1 is 1.06 bits per heavy atom. The predicted octanol–water partition coefficient (Wildman–Crippen LogP) is 3.41. The monoisotopic (exact) mass is 212 g/mol. The lowest BCUT2D eigenvalue weighted by Crippen LogP contribution is -1.92. The average Bonchev–Trinajstić information content (AvgIpc) is 2.29. The van der Waals surface area contributed by atoms with Crippen LogP contribution >= 0.6 is 0 Å². The first kappa shape index (κ1) is 10.7. The summed E-state index contributed by atoms with van der Waals surface area (Å²) in [5.74, 6) is 0. The van der Waals surface area contributed by atoms with Crippen LogP contribution in [0.4, 0.5) is 5.69 Å². The zero-order valence-electron chi connectivity index (χ0n) is 9.91. The first-order valence-corrected chi connectivity index (χ1v) is 5.42. The first-order chi connectivity index (χ1) is 7.70. The van der Waals surface area contributed by atoms with Crippen LogP contribution in [0.15, 0.2) is 36.5 Å². The van der Waals surface area contributed by atoms with Gasteiger partial charge in [-0.1, -0.05) is 23.8 Å². The van der Waals surface area contributed by atoms with Crippen LogP contribution in [0.5, 0.6) is 0 Å². The normalized spacial score (nSPS) is 10.2. The fourth-order valence-corrected chi connectivity index (χ4v) is 1.83. The fraction of sp³-hybridized carbons (Fsp3) is 0.214. The Labute approximate surface area is 96.4 Å². The molecule has 1 N–H and O–H groups in total. The van der Waals surface area contributed by atoms with Crippen molar-refractivity contribution >= 4 is 5.69 Å². The number of hydrogen-bond donors (Lipinski definition) is 1. The second-order valence-corrected chi connectivity index (χ2v) is 4.00. The quantitative estimate of drug-likeness (QED) is 0.825. The third-order valence-corrected chi connectivity index (χ3v) is 2.71. The lowest BCUT2D eigenvalue weighted by atomic mass is 10.0. The number of benzene rings is 1. The maximum absolute atomic E-state index is 4.41. The maximum Gasteiger partial charge on any atom is 0.0725 e. The highest BCUT2D eigenvalue weighted by atomic mass is 14.8. The Hall–Kier alpha value is -1.83. The summed E-state index contributed by atoms with van der Waals surface area (Å²) in [6.45, 7) is 4.23. The molecule has 0 atom stereocenters. The molecule has 16 heavy (non-hydrogen) atoms. The van der Waals surface area contributed by atoms with Crippen molar-refractivity contribution in [2.45, 2.75) is 13.8 Å². The molecule has 0 aliphatic rings. The number of anilines is 1. The van der Waals surface area contributed by atoms with Crippen LogP contribution in [0.3, 0.4) is 0 Å². The summed E-state index contributed by atoms with van der Waals surface area (Å²) in [5, 5.41) is 3.13. The van der Waals surface area contributed by atoms with E-state index in [4.69, 9.17) is 0 Å². The van der Waals surface area contributed by atoms with Crippen LogP contribution in [0.25, 0.3) is 11.3 Å².